The zero-order valence-electron chi connectivity index (χ0n) is 10.9. The number of H-pyrrole nitrogens is 1. The number of aromatic amines is 1. The van der Waals surface area contributed by atoms with Crippen LogP contribution in [0.5, 0.6) is 0 Å². The van der Waals surface area contributed by atoms with E-state index in [-0.39, 0.29) is 17.4 Å². The van der Waals surface area contributed by atoms with E-state index in [2.05, 4.69) is 4.98 Å². The average molecular weight is 276 g/mol. The van der Waals surface area contributed by atoms with Gasteiger partial charge in [0.1, 0.15) is 6.04 Å². The maximum Gasteiger partial charge on any atom is 0.326 e. The summed E-state index contributed by atoms with van der Waals surface area (Å²) in [6, 6.07) is 1.98. The fraction of sp³-hybridized carbons (Fsp3) is 0.500. The molecule has 0 bridgehead atoms. The molecule has 1 aromatic heterocycles. The van der Waals surface area contributed by atoms with Crippen LogP contribution >= 0.6 is 0 Å². The Balaban J connectivity index is 1.88. The van der Waals surface area contributed by atoms with E-state index in [1.54, 1.807) is 0 Å². The molecule has 3 unspecified atom stereocenters. The largest absolute Gasteiger partial charge is 0.480 e. The normalized spacial score (nSPS) is 28.4. The number of carbonyl (C=O) groups is 2. The summed E-state index contributed by atoms with van der Waals surface area (Å²) < 4.78 is 0. The summed E-state index contributed by atoms with van der Waals surface area (Å²) in [5, 5.41) is 9.42. The van der Waals surface area contributed by atoms with Crippen LogP contribution in [0.4, 0.5) is 0 Å². The summed E-state index contributed by atoms with van der Waals surface area (Å²) in [4.78, 5) is 38.9. The van der Waals surface area contributed by atoms with Crippen LogP contribution in [-0.4, -0.2) is 39.5 Å². The van der Waals surface area contributed by atoms with Crippen LogP contribution in [0.25, 0.3) is 0 Å². The lowest BCUT2D eigenvalue weighted by molar-refractivity contribution is -0.142. The zero-order chi connectivity index (χ0) is 14.3. The minimum Gasteiger partial charge on any atom is -0.480 e. The maximum absolute atomic E-state index is 12.4. The molecular weight excluding hydrogens is 260 g/mol. The van der Waals surface area contributed by atoms with Crippen LogP contribution < -0.4 is 5.56 Å². The number of rotatable bonds is 2. The van der Waals surface area contributed by atoms with E-state index < -0.39 is 12.0 Å². The van der Waals surface area contributed by atoms with Crippen LogP contribution in [-0.2, 0) is 4.79 Å². The molecule has 106 valence electrons. The van der Waals surface area contributed by atoms with Gasteiger partial charge >= 0.3 is 5.97 Å². The lowest BCUT2D eigenvalue weighted by Crippen LogP contribution is -2.43. The predicted octanol–water partition coefficient (Wildman–Crippen LogP) is 0.700. The number of hydrogen-bond acceptors (Lipinski definition) is 3. The van der Waals surface area contributed by atoms with Crippen LogP contribution in [0.1, 0.15) is 29.6 Å². The Morgan fingerprint density at radius 1 is 1.30 bits per heavy atom. The number of likely N-dealkylation sites (tertiary alicyclic amines) is 1. The van der Waals surface area contributed by atoms with Crippen molar-refractivity contribution in [2.75, 3.05) is 6.54 Å². The van der Waals surface area contributed by atoms with E-state index in [1.807, 2.05) is 0 Å². The fourth-order valence-electron chi connectivity index (χ4n) is 3.54. The first-order valence-corrected chi connectivity index (χ1v) is 6.80. The van der Waals surface area contributed by atoms with Gasteiger partial charge in [0, 0.05) is 18.8 Å². The second-order valence-electron chi connectivity index (χ2n) is 5.54. The van der Waals surface area contributed by atoms with Gasteiger partial charge in [0.15, 0.2) is 0 Å². The van der Waals surface area contributed by atoms with Gasteiger partial charge in [0.2, 0.25) is 5.56 Å². The maximum atomic E-state index is 12.4. The number of amides is 1. The van der Waals surface area contributed by atoms with Gasteiger partial charge in [-0.05, 0) is 30.7 Å². The Bertz CT molecular complexity index is 589. The smallest absolute Gasteiger partial charge is 0.326 e. The monoisotopic (exact) mass is 276 g/mol. The predicted molar refractivity (Wildman–Crippen MR) is 70.4 cm³/mol. The van der Waals surface area contributed by atoms with Crippen molar-refractivity contribution in [3.8, 4) is 0 Å². The van der Waals surface area contributed by atoms with Crippen molar-refractivity contribution in [3.05, 3.63) is 34.2 Å². The van der Waals surface area contributed by atoms with E-state index in [9.17, 15) is 19.5 Å². The Labute approximate surface area is 115 Å². The number of carbonyl (C=O) groups excluding carboxylic acids is 1. The fourth-order valence-corrected chi connectivity index (χ4v) is 3.54. The van der Waals surface area contributed by atoms with Gasteiger partial charge < -0.3 is 15.0 Å². The number of carboxylic acids is 1. The Morgan fingerprint density at radius 2 is 2.10 bits per heavy atom. The van der Waals surface area contributed by atoms with Crippen molar-refractivity contribution in [2.24, 2.45) is 11.8 Å². The molecule has 6 nitrogen and oxygen atoms in total. The second-order valence-corrected chi connectivity index (χ2v) is 5.54. The molecule has 0 spiro atoms. The molecule has 3 rings (SSSR count). The van der Waals surface area contributed by atoms with Crippen molar-refractivity contribution in [2.45, 2.75) is 25.3 Å². The summed E-state index contributed by atoms with van der Waals surface area (Å²) in [6.45, 7) is 0.500. The van der Waals surface area contributed by atoms with E-state index in [1.165, 1.54) is 23.2 Å². The van der Waals surface area contributed by atoms with Crippen LogP contribution in [0, 0.1) is 11.8 Å². The number of pyridine rings is 1. The number of aliphatic carboxylic acids is 1. The lowest BCUT2D eigenvalue weighted by Gasteiger charge is -2.24. The minimum atomic E-state index is -0.933. The summed E-state index contributed by atoms with van der Waals surface area (Å²) in [5.41, 5.74) is 0.0467. The van der Waals surface area contributed by atoms with Crippen molar-refractivity contribution in [1.29, 1.82) is 0 Å². The van der Waals surface area contributed by atoms with Gasteiger partial charge in [-0.1, -0.05) is 6.42 Å². The van der Waals surface area contributed by atoms with E-state index >= 15 is 0 Å². The Morgan fingerprint density at radius 3 is 2.75 bits per heavy atom. The van der Waals surface area contributed by atoms with Crippen molar-refractivity contribution < 1.29 is 14.7 Å². The zero-order valence-corrected chi connectivity index (χ0v) is 10.9. The molecule has 6 heteroatoms. The number of nitrogens with zero attached hydrogens (tertiary/aromatic N) is 1. The SMILES string of the molecule is O=C(O)C1C2CCCC2CN1C(=O)c1ccc(=O)[nH]c1. The molecule has 1 aliphatic heterocycles. The number of nitrogens with one attached hydrogen (secondary N) is 1. The third kappa shape index (κ3) is 2.01. The number of carboxylic acid groups (broad SMARTS) is 1. The van der Waals surface area contributed by atoms with Crippen LogP contribution in [0.3, 0.4) is 0 Å². The number of aromatic nitrogens is 1. The average Bonchev–Trinajstić information content (AvgIpc) is 2.97. The van der Waals surface area contributed by atoms with Gasteiger partial charge in [0.25, 0.3) is 5.91 Å². The first-order valence-electron chi connectivity index (χ1n) is 6.80. The third-order valence-electron chi connectivity index (χ3n) is 4.44. The van der Waals surface area contributed by atoms with Crippen LogP contribution in [0.2, 0.25) is 0 Å². The first-order chi connectivity index (χ1) is 9.58. The minimum absolute atomic E-state index is 0.0687. The molecule has 1 aliphatic carbocycles. The number of hydrogen-bond donors (Lipinski definition) is 2. The van der Waals surface area contributed by atoms with Gasteiger partial charge in [-0.2, -0.15) is 0 Å². The van der Waals surface area contributed by atoms with Crippen molar-refractivity contribution in [1.82, 2.24) is 9.88 Å². The highest BCUT2D eigenvalue weighted by Crippen LogP contribution is 2.42. The third-order valence-corrected chi connectivity index (χ3v) is 4.44. The molecule has 2 aliphatic rings. The molecule has 2 N–H and O–H groups in total. The second kappa shape index (κ2) is 4.77. The molecule has 1 saturated carbocycles. The van der Waals surface area contributed by atoms with Gasteiger partial charge in [-0.25, -0.2) is 4.79 Å². The highest BCUT2D eigenvalue weighted by atomic mass is 16.4. The molecule has 20 heavy (non-hydrogen) atoms. The molecule has 2 heterocycles. The summed E-state index contributed by atoms with van der Waals surface area (Å²) >= 11 is 0. The van der Waals surface area contributed by atoms with Crippen molar-refractivity contribution in [3.63, 3.8) is 0 Å². The topological polar surface area (TPSA) is 90.5 Å². The lowest BCUT2D eigenvalue weighted by atomic mass is 9.94. The molecule has 0 aromatic carbocycles. The molecule has 1 aromatic rings. The van der Waals surface area contributed by atoms with Crippen LogP contribution in [0.15, 0.2) is 23.1 Å². The summed E-state index contributed by atoms with van der Waals surface area (Å²) in [7, 11) is 0. The van der Waals surface area contributed by atoms with Crippen molar-refractivity contribution >= 4 is 11.9 Å². The number of fused-ring (bicyclic) bond motifs is 1. The van der Waals surface area contributed by atoms with Gasteiger partial charge in [-0.3, -0.25) is 9.59 Å². The Hall–Kier alpha value is -2.11. The standard InChI is InChI=1S/C14H16N2O4/c17-11-5-4-8(6-15-11)13(18)16-7-9-2-1-3-10(9)12(16)14(19)20/h4-6,9-10,12H,1-3,7H2,(H,15,17)(H,19,20). The highest BCUT2D eigenvalue weighted by Gasteiger charge is 2.49. The molecule has 3 atom stereocenters. The van der Waals surface area contributed by atoms with E-state index in [0.29, 0.717) is 18.0 Å². The Kier molecular flexibility index (Phi) is 3.08. The molecule has 2 fully saturated rings. The van der Waals surface area contributed by atoms with E-state index in [4.69, 9.17) is 0 Å². The molecule has 0 radical (unpaired) electrons. The quantitative estimate of drug-likeness (QED) is 0.832. The summed E-state index contributed by atoms with van der Waals surface area (Å²) in [5.74, 6) is -0.887. The first kappa shape index (κ1) is 12.9. The van der Waals surface area contributed by atoms with Gasteiger partial charge in [0.05, 0.1) is 5.56 Å². The highest BCUT2D eigenvalue weighted by molar-refractivity contribution is 5.96. The molecular formula is C14H16N2O4. The van der Waals surface area contributed by atoms with E-state index in [0.717, 1.165) is 19.3 Å². The summed E-state index contributed by atoms with van der Waals surface area (Å²) in [6.07, 6.45) is 4.25. The molecule has 1 saturated heterocycles. The van der Waals surface area contributed by atoms with Gasteiger partial charge in [-0.15, -0.1) is 0 Å². The molecule has 1 amide bonds.